The number of rotatable bonds is 4. The van der Waals surface area contributed by atoms with Crippen LogP contribution in [0.5, 0.6) is 0 Å². The molecule has 0 spiro atoms. The molecule has 4 heteroatoms. The SMILES string of the molecule is CNC(CC1CC2CCC1C2)c1ccc(C(F)(F)F)cc1. The fourth-order valence-corrected chi connectivity index (χ4v) is 4.29. The predicted molar refractivity (Wildman–Crippen MR) is 76.8 cm³/mol. The Morgan fingerprint density at radius 1 is 1.14 bits per heavy atom. The number of fused-ring (bicyclic) bond motifs is 2. The van der Waals surface area contributed by atoms with E-state index in [1.165, 1.54) is 37.8 Å². The molecule has 0 aromatic heterocycles. The summed E-state index contributed by atoms with van der Waals surface area (Å²) in [6, 6.07) is 5.80. The van der Waals surface area contributed by atoms with Crippen LogP contribution in [0, 0.1) is 17.8 Å². The largest absolute Gasteiger partial charge is 0.416 e. The molecule has 1 aromatic carbocycles. The molecular weight excluding hydrogens is 275 g/mol. The molecule has 4 unspecified atom stereocenters. The smallest absolute Gasteiger partial charge is 0.313 e. The van der Waals surface area contributed by atoms with Gasteiger partial charge in [0.25, 0.3) is 0 Å². The first-order valence-electron chi connectivity index (χ1n) is 7.81. The molecule has 0 saturated heterocycles. The summed E-state index contributed by atoms with van der Waals surface area (Å²) < 4.78 is 37.8. The lowest BCUT2D eigenvalue weighted by Crippen LogP contribution is -2.22. The highest BCUT2D eigenvalue weighted by atomic mass is 19.4. The van der Waals surface area contributed by atoms with Crippen LogP contribution in [0.3, 0.4) is 0 Å². The minimum Gasteiger partial charge on any atom is -0.313 e. The molecule has 116 valence electrons. The topological polar surface area (TPSA) is 12.0 Å². The van der Waals surface area contributed by atoms with Gasteiger partial charge in [0.15, 0.2) is 0 Å². The lowest BCUT2D eigenvalue weighted by molar-refractivity contribution is -0.137. The van der Waals surface area contributed by atoms with Crippen molar-refractivity contribution in [3.63, 3.8) is 0 Å². The molecule has 2 aliphatic rings. The Kier molecular flexibility index (Phi) is 4.00. The Labute approximate surface area is 123 Å². The predicted octanol–water partition coefficient (Wildman–Crippen LogP) is 4.79. The van der Waals surface area contributed by atoms with Crippen molar-refractivity contribution in [2.24, 2.45) is 17.8 Å². The van der Waals surface area contributed by atoms with Crippen molar-refractivity contribution in [2.75, 3.05) is 7.05 Å². The van der Waals surface area contributed by atoms with E-state index >= 15 is 0 Å². The van der Waals surface area contributed by atoms with Crippen LogP contribution in [0.25, 0.3) is 0 Å². The van der Waals surface area contributed by atoms with Crippen molar-refractivity contribution in [1.29, 1.82) is 0 Å². The fourth-order valence-electron chi connectivity index (χ4n) is 4.29. The second-order valence-electron chi connectivity index (χ2n) is 6.63. The van der Waals surface area contributed by atoms with Crippen LogP contribution in [-0.4, -0.2) is 7.05 Å². The van der Waals surface area contributed by atoms with E-state index in [-0.39, 0.29) is 6.04 Å². The van der Waals surface area contributed by atoms with Gasteiger partial charge in [-0.3, -0.25) is 0 Å². The van der Waals surface area contributed by atoms with Gasteiger partial charge in [-0.25, -0.2) is 0 Å². The van der Waals surface area contributed by atoms with E-state index < -0.39 is 11.7 Å². The zero-order chi connectivity index (χ0) is 15.0. The second-order valence-corrected chi connectivity index (χ2v) is 6.63. The van der Waals surface area contributed by atoms with E-state index in [0.29, 0.717) is 0 Å². The first kappa shape index (κ1) is 14.9. The molecule has 0 radical (unpaired) electrons. The number of halogens is 3. The highest BCUT2D eigenvalue weighted by molar-refractivity contribution is 5.27. The summed E-state index contributed by atoms with van der Waals surface area (Å²) in [7, 11) is 1.90. The van der Waals surface area contributed by atoms with Gasteiger partial charge < -0.3 is 5.32 Å². The quantitative estimate of drug-likeness (QED) is 0.842. The Morgan fingerprint density at radius 3 is 2.33 bits per heavy atom. The maximum Gasteiger partial charge on any atom is 0.416 e. The lowest BCUT2D eigenvalue weighted by atomic mass is 9.82. The summed E-state index contributed by atoms with van der Waals surface area (Å²) in [5.74, 6) is 2.49. The van der Waals surface area contributed by atoms with E-state index in [2.05, 4.69) is 5.32 Å². The second kappa shape index (κ2) is 5.64. The summed E-state index contributed by atoms with van der Waals surface area (Å²) >= 11 is 0. The highest BCUT2D eigenvalue weighted by Crippen LogP contribution is 2.50. The molecule has 1 aromatic rings. The third-order valence-electron chi connectivity index (χ3n) is 5.41. The fraction of sp³-hybridized carbons (Fsp3) is 0.647. The van der Waals surface area contributed by atoms with Gasteiger partial charge in [0.1, 0.15) is 0 Å². The minimum absolute atomic E-state index is 0.164. The molecule has 2 fully saturated rings. The van der Waals surface area contributed by atoms with Crippen LogP contribution in [-0.2, 0) is 6.18 Å². The molecule has 21 heavy (non-hydrogen) atoms. The van der Waals surface area contributed by atoms with Crippen LogP contribution in [0.15, 0.2) is 24.3 Å². The molecule has 3 rings (SSSR count). The molecule has 4 atom stereocenters. The molecule has 2 saturated carbocycles. The van der Waals surface area contributed by atoms with E-state index in [4.69, 9.17) is 0 Å². The van der Waals surface area contributed by atoms with Gasteiger partial charge in [-0.1, -0.05) is 18.6 Å². The van der Waals surface area contributed by atoms with Gasteiger partial charge >= 0.3 is 6.18 Å². The lowest BCUT2D eigenvalue weighted by Gasteiger charge is -2.27. The van der Waals surface area contributed by atoms with Crippen molar-refractivity contribution < 1.29 is 13.2 Å². The van der Waals surface area contributed by atoms with Gasteiger partial charge in [0.05, 0.1) is 5.56 Å². The van der Waals surface area contributed by atoms with Crippen LogP contribution < -0.4 is 5.32 Å². The van der Waals surface area contributed by atoms with Crippen molar-refractivity contribution in [1.82, 2.24) is 5.32 Å². The standard InChI is InChI=1S/C17H22F3N/c1-21-16(10-14-9-11-2-3-13(14)8-11)12-4-6-15(7-5-12)17(18,19)20/h4-7,11,13-14,16,21H,2-3,8-10H2,1H3. The highest BCUT2D eigenvalue weighted by Gasteiger charge is 2.40. The molecule has 1 N–H and O–H groups in total. The summed E-state index contributed by atoms with van der Waals surface area (Å²) in [4.78, 5) is 0. The van der Waals surface area contributed by atoms with Gasteiger partial charge in [-0.15, -0.1) is 0 Å². The minimum atomic E-state index is -4.25. The number of benzene rings is 1. The van der Waals surface area contributed by atoms with E-state index in [0.717, 1.165) is 29.7 Å². The normalized spacial score (nSPS) is 29.8. The van der Waals surface area contributed by atoms with Crippen LogP contribution in [0.4, 0.5) is 13.2 Å². The van der Waals surface area contributed by atoms with E-state index in [1.54, 1.807) is 12.1 Å². The van der Waals surface area contributed by atoms with Crippen LogP contribution in [0.2, 0.25) is 0 Å². The van der Waals surface area contributed by atoms with E-state index in [9.17, 15) is 13.2 Å². The van der Waals surface area contributed by atoms with Crippen LogP contribution >= 0.6 is 0 Å². The zero-order valence-electron chi connectivity index (χ0n) is 12.3. The number of hydrogen-bond acceptors (Lipinski definition) is 1. The average molecular weight is 297 g/mol. The Morgan fingerprint density at radius 2 is 1.86 bits per heavy atom. The van der Waals surface area contributed by atoms with Gasteiger partial charge in [0, 0.05) is 6.04 Å². The van der Waals surface area contributed by atoms with Crippen molar-refractivity contribution in [3.05, 3.63) is 35.4 Å². The molecule has 2 bridgehead atoms. The third-order valence-corrected chi connectivity index (χ3v) is 5.41. The number of hydrogen-bond donors (Lipinski definition) is 1. The van der Waals surface area contributed by atoms with Crippen LogP contribution in [0.1, 0.15) is 49.3 Å². The average Bonchev–Trinajstić information content (AvgIpc) is 3.06. The molecule has 1 nitrogen and oxygen atoms in total. The summed E-state index contributed by atoms with van der Waals surface area (Å²) in [6.45, 7) is 0. The first-order chi connectivity index (χ1) is 9.97. The molecular formula is C17H22F3N. The summed E-state index contributed by atoms with van der Waals surface area (Å²) in [5, 5.41) is 3.28. The van der Waals surface area contributed by atoms with Gasteiger partial charge in [-0.05, 0) is 68.2 Å². The summed E-state index contributed by atoms with van der Waals surface area (Å²) in [5.41, 5.74) is 0.397. The zero-order valence-corrected chi connectivity index (χ0v) is 12.3. The third kappa shape index (κ3) is 3.10. The summed E-state index contributed by atoms with van der Waals surface area (Å²) in [6.07, 6.45) is 2.20. The van der Waals surface area contributed by atoms with Gasteiger partial charge in [-0.2, -0.15) is 13.2 Å². The molecule has 0 aliphatic heterocycles. The maximum absolute atomic E-state index is 12.6. The maximum atomic E-state index is 12.6. The van der Waals surface area contributed by atoms with Crippen molar-refractivity contribution >= 4 is 0 Å². The molecule has 0 heterocycles. The number of alkyl halides is 3. The molecule has 0 amide bonds. The first-order valence-corrected chi connectivity index (χ1v) is 7.81. The Balaban J connectivity index is 1.68. The van der Waals surface area contributed by atoms with E-state index in [1.807, 2.05) is 7.05 Å². The number of nitrogens with one attached hydrogen (secondary N) is 1. The molecule has 2 aliphatic carbocycles. The van der Waals surface area contributed by atoms with Crippen molar-refractivity contribution in [3.8, 4) is 0 Å². The Hall–Kier alpha value is -1.03. The van der Waals surface area contributed by atoms with Gasteiger partial charge in [0.2, 0.25) is 0 Å². The van der Waals surface area contributed by atoms with Crippen molar-refractivity contribution in [2.45, 2.75) is 44.3 Å². The Bertz CT molecular complexity index is 480. The monoisotopic (exact) mass is 297 g/mol.